The molecule has 0 radical (unpaired) electrons. The fourth-order valence-corrected chi connectivity index (χ4v) is 2.98. The molecule has 1 heterocycles. The molecule has 2 nitrogen and oxygen atoms in total. The smallest absolute Gasteiger partial charge is 0.114 e. The van der Waals surface area contributed by atoms with Crippen molar-refractivity contribution in [2.75, 3.05) is 13.7 Å². The van der Waals surface area contributed by atoms with Crippen LogP contribution in [0.4, 0.5) is 0 Å². The number of hydrogen-bond donors (Lipinski definition) is 1. The largest absolute Gasteiger partial charge is 0.383 e. The quantitative estimate of drug-likeness (QED) is 0.883. The van der Waals surface area contributed by atoms with Crippen LogP contribution >= 0.6 is 11.3 Å². The Bertz CT molecular complexity index is 477. The molecule has 0 spiro atoms. The summed E-state index contributed by atoms with van der Waals surface area (Å²) < 4.78 is 6.29. The third-order valence-electron chi connectivity index (χ3n) is 2.95. The molecule has 0 bridgehead atoms. The van der Waals surface area contributed by atoms with E-state index in [9.17, 15) is 5.11 Å². The van der Waals surface area contributed by atoms with Gasteiger partial charge in [-0.05, 0) is 23.3 Å². The van der Waals surface area contributed by atoms with Crippen LogP contribution in [0, 0.1) is 0 Å². The summed E-state index contributed by atoms with van der Waals surface area (Å²) in [5, 5.41) is 13.8. The zero-order valence-electron chi connectivity index (χ0n) is 9.56. The zero-order chi connectivity index (χ0) is 11.6. The van der Waals surface area contributed by atoms with Crippen LogP contribution in [0.2, 0.25) is 0 Å². The van der Waals surface area contributed by atoms with E-state index < -0.39 is 5.60 Å². The van der Waals surface area contributed by atoms with E-state index in [0.717, 1.165) is 10.3 Å². The van der Waals surface area contributed by atoms with Crippen molar-refractivity contribution >= 4 is 21.4 Å². The zero-order valence-corrected chi connectivity index (χ0v) is 10.4. The lowest BCUT2D eigenvalue weighted by Gasteiger charge is -2.27. The van der Waals surface area contributed by atoms with E-state index in [4.69, 9.17) is 4.74 Å². The molecule has 1 N–H and O–H groups in total. The highest BCUT2D eigenvalue weighted by molar-refractivity contribution is 7.17. The number of benzene rings is 1. The molecular formula is C13H16O2S. The molecule has 0 aliphatic heterocycles. The molecule has 16 heavy (non-hydrogen) atoms. The van der Waals surface area contributed by atoms with E-state index in [0.29, 0.717) is 13.0 Å². The average Bonchev–Trinajstić information content (AvgIpc) is 2.76. The first-order valence-electron chi connectivity index (χ1n) is 5.39. The summed E-state index contributed by atoms with van der Waals surface area (Å²) in [5.41, 5.74) is 0.100. The summed E-state index contributed by atoms with van der Waals surface area (Å²) in [7, 11) is 1.62. The monoisotopic (exact) mass is 236 g/mol. The van der Waals surface area contributed by atoms with Gasteiger partial charge in [-0.3, -0.25) is 0 Å². The highest BCUT2D eigenvalue weighted by Gasteiger charge is 2.29. The van der Waals surface area contributed by atoms with Gasteiger partial charge in [-0.15, -0.1) is 11.3 Å². The normalized spacial score (nSPS) is 15.2. The molecule has 0 fully saturated rings. The number of aliphatic hydroxyl groups is 1. The van der Waals surface area contributed by atoms with Gasteiger partial charge in [0.2, 0.25) is 0 Å². The van der Waals surface area contributed by atoms with Crippen LogP contribution in [-0.2, 0) is 10.3 Å². The Morgan fingerprint density at radius 1 is 1.38 bits per heavy atom. The van der Waals surface area contributed by atoms with Crippen molar-refractivity contribution < 1.29 is 9.84 Å². The molecular weight excluding hydrogens is 220 g/mol. The number of hydrogen-bond acceptors (Lipinski definition) is 3. The van der Waals surface area contributed by atoms with Crippen LogP contribution in [0.3, 0.4) is 0 Å². The second-order valence-corrected chi connectivity index (χ2v) is 4.88. The first kappa shape index (κ1) is 11.6. The topological polar surface area (TPSA) is 29.5 Å². The standard InChI is InChI=1S/C13H16O2S/c1-3-13(14,9-15-2)11-6-4-5-10-7-8-16-12(10)11/h4-8,14H,3,9H2,1-2H3. The van der Waals surface area contributed by atoms with Crippen LogP contribution in [0.15, 0.2) is 29.6 Å². The Labute approximate surface area is 99.5 Å². The molecule has 1 aromatic heterocycles. The number of ether oxygens (including phenoxy) is 1. The van der Waals surface area contributed by atoms with Crippen molar-refractivity contribution in [1.82, 2.24) is 0 Å². The summed E-state index contributed by atoms with van der Waals surface area (Å²) >= 11 is 1.67. The van der Waals surface area contributed by atoms with Crippen molar-refractivity contribution in [3.05, 3.63) is 35.2 Å². The maximum Gasteiger partial charge on any atom is 0.114 e. The maximum atomic E-state index is 10.6. The summed E-state index contributed by atoms with van der Waals surface area (Å²) in [6.45, 7) is 2.31. The van der Waals surface area contributed by atoms with Crippen molar-refractivity contribution in [2.24, 2.45) is 0 Å². The Balaban J connectivity index is 2.56. The minimum Gasteiger partial charge on any atom is -0.383 e. The minimum absolute atomic E-state index is 0.334. The van der Waals surface area contributed by atoms with Gasteiger partial charge in [0.1, 0.15) is 5.60 Å². The van der Waals surface area contributed by atoms with Crippen LogP contribution in [-0.4, -0.2) is 18.8 Å². The van der Waals surface area contributed by atoms with Crippen molar-refractivity contribution in [1.29, 1.82) is 0 Å². The van der Waals surface area contributed by atoms with Gasteiger partial charge in [-0.25, -0.2) is 0 Å². The van der Waals surface area contributed by atoms with Crippen LogP contribution in [0.25, 0.3) is 10.1 Å². The van der Waals surface area contributed by atoms with E-state index in [1.165, 1.54) is 5.39 Å². The summed E-state index contributed by atoms with van der Waals surface area (Å²) in [6.07, 6.45) is 0.651. The van der Waals surface area contributed by atoms with E-state index in [-0.39, 0.29) is 0 Å². The van der Waals surface area contributed by atoms with Gasteiger partial charge < -0.3 is 9.84 Å². The van der Waals surface area contributed by atoms with E-state index in [2.05, 4.69) is 17.5 Å². The predicted octanol–water partition coefficient (Wildman–Crippen LogP) is 3.15. The van der Waals surface area contributed by atoms with Gasteiger partial charge in [0, 0.05) is 17.4 Å². The molecule has 3 heteroatoms. The van der Waals surface area contributed by atoms with Gasteiger partial charge in [0.25, 0.3) is 0 Å². The Kier molecular flexibility index (Phi) is 3.28. The van der Waals surface area contributed by atoms with Gasteiger partial charge in [0.15, 0.2) is 0 Å². The van der Waals surface area contributed by atoms with Gasteiger partial charge in [-0.1, -0.05) is 25.1 Å². The summed E-state index contributed by atoms with van der Waals surface area (Å²) in [4.78, 5) is 0. The minimum atomic E-state index is -0.876. The van der Waals surface area contributed by atoms with Crippen LogP contribution < -0.4 is 0 Å². The highest BCUT2D eigenvalue weighted by Crippen LogP contribution is 2.34. The number of thiophene rings is 1. The van der Waals surface area contributed by atoms with Crippen molar-refractivity contribution in [3.8, 4) is 0 Å². The number of rotatable bonds is 4. The Hall–Kier alpha value is -0.900. The second kappa shape index (κ2) is 4.53. The lowest BCUT2D eigenvalue weighted by molar-refractivity contribution is -0.0374. The third kappa shape index (κ3) is 1.86. The molecule has 0 aliphatic rings. The third-order valence-corrected chi connectivity index (χ3v) is 3.91. The highest BCUT2D eigenvalue weighted by atomic mass is 32.1. The van der Waals surface area contributed by atoms with Gasteiger partial charge >= 0.3 is 0 Å². The fraction of sp³-hybridized carbons (Fsp3) is 0.385. The molecule has 1 unspecified atom stereocenters. The number of methoxy groups -OCH3 is 1. The Morgan fingerprint density at radius 2 is 2.19 bits per heavy atom. The molecule has 2 aromatic rings. The lowest BCUT2D eigenvalue weighted by atomic mass is 9.91. The van der Waals surface area contributed by atoms with E-state index in [1.54, 1.807) is 18.4 Å². The predicted molar refractivity (Wildman–Crippen MR) is 67.9 cm³/mol. The summed E-state index contributed by atoms with van der Waals surface area (Å²) in [6, 6.07) is 8.12. The molecule has 0 saturated heterocycles. The molecule has 0 aliphatic carbocycles. The molecule has 1 aromatic carbocycles. The first-order valence-corrected chi connectivity index (χ1v) is 6.27. The van der Waals surface area contributed by atoms with E-state index in [1.807, 2.05) is 19.1 Å². The Morgan fingerprint density at radius 3 is 2.88 bits per heavy atom. The fourth-order valence-electron chi connectivity index (χ4n) is 1.97. The molecule has 86 valence electrons. The van der Waals surface area contributed by atoms with Gasteiger partial charge in [-0.2, -0.15) is 0 Å². The first-order chi connectivity index (χ1) is 7.71. The molecule has 2 rings (SSSR count). The molecule has 0 saturated carbocycles. The SMILES string of the molecule is CCC(O)(COC)c1cccc2ccsc12. The van der Waals surface area contributed by atoms with Crippen LogP contribution in [0.5, 0.6) is 0 Å². The maximum absolute atomic E-state index is 10.6. The number of fused-ring (bicyclic) bond motifs is 1. The molecule has 1 atom stereocenters. The van der Waals surface area contributed by atoms with Gasteiger partial charge in [0.05, 0.1) is 6.61 Å². The summed E-state index contributed by atoms with van der Waals surface area (Å²) in [5.74, 6) is 0. The van der Waals surface area contributed by atoms with E-state index >= 15 is 0 Å². The van der Waals surface area contributed by atoms with Crippen molar-refractivity contribution in [2.45, 2.75) is 18.9 Å². The average molecular weight is 236 g/mol. The lowest BCUT2D eigenvalue weighted by Crippen LogP contribution is -2.30. The molecule has 0 amide bonds. The second-order valence-electron chi connectivity index (χ2n) is 3.96. The van der Waals surface area contributed by atoms with Crippen molar-refractivity contribution in [3.63, 3.8) is 0 Å². The van der Waals surface area contributed by atoms with Crippen LogP contribution in [0.1, 0.15) is 18.9 Å².